The van der Waals surface area contributed by atoms with Gasteiger partial charge in [-0.05, 0) is 13.0 Å². The van der Waals surface area contributed by atoms with Gasteiger partial charge in [-0.25, -0.2) is 14.1 Å². The van der Waals surface area contributed by atoms with E-state index in [1.165, 1.54) is 6.07 Å². The van der Waals surface area contributed by atoms with Gasteiger partial charge in [-0.1, -0.05) is 0 Å². The number of aromatic nitrogens is 2. The maximum atomic E-state index is 10.9. The lowest BCUT2D eigenvalue weighted by Gasteiger charge is -1.94. The minimum atomic E-state index is -3.12. The normalized spacial score (nSPS) is 16.2. The zero-order valence-corrected chi connectivity index (χ0v) is 6.97. The molecule has 0 radical (unpaired) electrons. The van der Waals surface area contributed by atoms with Crippen LogP contribution >= 0.6 is 0 Å². The molecule has 0 aliphatic rings. The third-order valence-corrected chi connectivity index (χ3v) is 2.09. The summed E-state index contributed by atoms with van der Waals surface area (Å²) in [5, 5.41) is 9.01. The second-order valence-corrected chi connectivity index (χ2v) is 3.73. The average molecular weight is 174 g/mol. The van der Waals surface area contributed by atoms with E-state index in [1.54, 1.807) is 10.9 Å². The Labute approximate surface area is 65.3 Å². The van der Waals surface area contributed by atoms with E-state index in [4.69, 9.17) is 9.92 Å². The molecule has 1 rings (SSSR count). The molecule has 1 heterocycles. The molecule has 0 bridgehead atoms. The van der Waals surface area contributed by atoms with E-state index in [1.807, 2.05) is 6.92 Å². The summed E-state index contributed by atoms with van der Waals surface area (Å²) in [6.45, 7) is 2.59. The van der Waals surface area contributed by atoms with E-state index in [0.29, 0.717) is 6.54 Å². The Kier molecular flexibility index (Phi) is 1.97. The second-order valence-electron chi connectivity index (χ2n) is 2.11. The lowest BCUT2D eigenvalue weighted by Crippen LogP contribution is -2.11. The Balaban J connectivity index is 3.09. The van der Waals surface area contributed by atoms with Crippen LogP contribution in [0.5, 0.6) is 0 Å². The standard InChI is InChI=1S/C5H10N4OS/c1-2-9-4-3-5(8-9)11(6,7)10/h3-4H,2H2,1H3,(H3,6,7,10). The average Bonchev–Trinajstić information content (AvgIpc) is 2.32. The fourth-order valence-electron chi connectivity index (χ4n) is 0.681. The van der Waals surface area contributed by atoms with Gasteiger partial charge in [0.1, 0.15) is 0 Å². The highest BCUT2D eigenvalue weighted by Crippen LogP contribution is 2.01. The minimum Gasteiger partial charge on any atom is -0.272 e. The Morgan fingerprint density at radius 2 is 2.55 bits per heavy atom. The van der Waals surface area contributed by atoms with Crippen LogP contribution in [0, 0.1) is 4.78 Å². The van der Waals surface area contributed by atoms with Crippen molar-refractivity contribution in [3.8, 4) is 0 Å². The predicted octanol–water partition coefficient (Wildman–Crippen LogP) is 0.182. The molecule has 0 aliphatic carbocycles. The maximum Gasteiger partial charge on any atom is 0.172 e. The van der Waals surface area contributed by atoms with Gasteiger partial charge < -0.3 is 0 Å². The monoisotopic (exact) mass is 174 g/mol. The first-order valence-electron chi connectivity index (χ1n) is 3.14. The van der Waals surface area contributed by atoms with Crippen molar-refractivity contribution in [3.05, 3.63) is 12.3 Å². The molecule has 0 aliphatic heterocycles. The summed E-state index contributed by atoms with van der Waals surface area (Å²) < 4.78 is 19.5. The third-order valence-electron chi connectivity index (χ3n) is 1.25. The topological polar surface area (TPSA) is 84.8 Å². The van der Waals surface area contributed by atoms with Crippen LogP contribution in [0.15, 0.2) is 17.3 Å². The Morgan fingerprint density at radius 3 is 2.82 bits per heavy atom. The number of nitrogens with two attached hydrogens (primary N) is 1. The SMILES string of the molecule is CCn1ccc(S(=N)(N)=O)n1. The number of rotatable bonds is 2. The van der Waals surface area contributed by atoms with Crippen LogP contribution in [-0.4, -0.2) is 14.0 Å². The third kappa shape index (κ3) is 1.78. The smallest absolute Gasteiger partial charge is 0.172 e. The van der Waals surface area contributed by atoms with Gasteiger partial charge in [0, 0.05) is 12.7 Å². The van der Waals surface area contributed by atoms with Crippen molar-refractivity contribution >= 4 is 9.92 Å². The Morgan fingerprint density at radius 1 is 1.91 bits per heavy atom. The fraction of sp³-hybridized carbons (Fsp3) is 0.400. The summed E-state index contributed by atoms with van der Waals surface area (Å²) in [6, 6.07) is 1.50. The van der Waals surface area contributed by atoms with Crippen LogP contribution < -0.4 is 5.14 Å². The molecule has 11 heavy (non-hydrogen) atoms. The largest absolute Gasteiger partial charge is 0.272 e. The molecule has 1 aromatic heterocycles. The fourth-order valence-corrected chi connectivity index (χ4v) is 1.17. The molecule has 0 spiro atoms. The van der Waals surface area contributed by atoms with Gasteiger partial charge in [-0.3, -0.25) is 4.68 Å². The quantitative estimate of drug-likeness (QED) is 0.670. The summed E-state index contributed by atoms with van der Waals surface area (Å²) in [5.74, 6) is 0. The molecule has 5 nitrogen and oxygen atoms in total. The molecular formula is C5H10N4OS. The van der Waals surface area contributed by atoms with Gasteiger partial charge in [0.2, 0.25) is 0 Å². The minimum absolute atomic E-state index is 0.138. The highest BCUT2D eigenvalue weighted by Gasteiger charge is 2.06. The lowest BCUT2D eigenvalue weighted by atomic mass is 10.7. The van der Waals surface area contributed by atoms with Crippen molar-refractivity contribution in [1.29, 1.82) is 4.78 Å². The van der Waals surface area contributed by atoms with Crippen LogP contribution in [0.25, 0.3) is 0 Å². The summed E-state index contributed by atoms with van der Waals surface area (Å²) >= 11 is 0. The second kappa shape index (κ2) is 2.63. The molecule has 0 fully saturated rings. The van der Waals surface area contributed by atoms with Crippen molar-refractivity contribution in [3.63, 3.8) is 0 Å². The summed E-state index contributed by atoms with van der Waals surface area (Å²) in [7, 11) is -3.12. The summed E-state index contributed by atoms with van der Waals surface area (Å²) in [5.41, 5.74) is 0. The van der Waals surface area contributed by atoms with Crippen molar-refractivity contribution in [1.82, 2.24) is 9.78 Å². The lowest BCUT2D eigenvalue weighted by molar-refractivity contribution is 0.629. The van der Waals surface area contributed by atoms with Gasteiger partial charge >= 0.3 is 0 Å². The van der Waals surface area contributed by atoms with E-state index in [2.05, 4.69) is 5.10 Å². The van der Waals surface area contributed by atoms with E-state index >= 15 is 0 Å². The molecule has 0 amide bonds. The zero-order chi connectivity index (χ0) is 8.48. The number of hydrogen-bond acceptors (Lipinski definition) is 3. The molecule has 1 aromatic rings. The van der Waals surface area contributed by atoms with Crippen LogP contribution in [0.4, 0.5) is 0 Å². The van der Waals surface area contributed by atoms with Gasteiger partial charge in [-0.2, -0.15) is 5.10 Å². The molecule has 6 heteroatoms. The van der Waals surface area contributed by atoms with E-state index in [-0.39, 0.29) is 5.03 Å². The van der Waals surface area contributed by atoms with E-state index in [0.717, 1.165) is 0 Å². The number of nitrogens with one attached hydrogen (secondary N) is 1. The van der Waals surface area contributed by atoms with Crippen molar-refractivity contribution < 1.29 is 4.21 Å². The zero-order valence-electron chi connectivity index (χ0n) is 6.15. The molecule has 0 saturated heterocycles. The highest BCUT2D eigenvalue weighted by atomic mass is 32.2. The number of aryl methyl sites for hydroxylation is 1. The van der Waals surface area contributed by atoms with Crippen molar-refractivity contribution in [2.75, 3.05) is 0 Å². The Hall–Kier alpha value is -0.880. The molecular weight excluding hydrogens is 164 g/mol. The number of nitrogens with zero attached hydrogens (tertiary/aromatic N) is 2. The van der Waals surface area contributed by atoms with Crippen molar-refractivity contribution in [2.24, 2.45) is 5.14 Å². The van der Waals surface area contributed by atoms with E-state index in [9.17, 15) is 4.21 Å². The first-order chi connectivity index (χ1) is 5.04. The molecule has 0 saturated carbocycles. The molecule has 3 N–H and O–H groups in total. The van der Waals surface area contributed by atoms with Crippen molar-refractivity contribution in [2.45, 2.75) is 18.5 Å². The predicted molar refractivity (Wildman–Crippen MR) is 41.2 cm³/mol. The summed E-state index contributed by atoms with van der Waals surface area (Å²) in [6.07, 6.45) is 1.65. The van der Waals surface area contributed by atoms with Crippen LogP contribution in [-0.2, 0) is 16.5 Å². The van der Waals surface area contributed by atoms with Gasteiger partial charge in [0.15, 0.2) is 14.9 Å². The Bertz CT molecular complexity index is 339. The van der Waals surface area contributed by atoms with Gasteiger partial charge in [0.25, 0.3) is 0 Å². The molecule has 62 valence electrons. The molecule has 1 unspecified atom stereocenters. The molecule has 1 atom stereocenters. The highest BCUT2D eigenvalue weighted by molar-refractivity contribution is 7.90. The first-order valence-corrected chi connectivity index (χ1v) is 4.76. The number of hydrogen-bond donors (Lipinski definition) is 2. The first kappa shape index (κ1) is 8.22. The van der Waals surface area contributed by atoms with Crippen LogP contribution in [0.2, 0.25) is 0 Å². The van der Waals surface area contributed by atoms with Gasteiger partial charge in [0.05, 0.1) is 0 Å². The van der Waals surface area contributed by atoms with E-state index < -0.39 is 9.92 Å². The molecule has 0 aromatic carbocycles. The van der Waals surface area contributed by atoms with Crippen LogP contribution in [0.1, 0.15) is 6.92 Å². The summed E-state index contributed by atoms with van der Waals surface area (Å²) in [4.78, 5) is 0. The maximum absolute atomic E-state index is 10.9. The van der Waals surface area contributed by atoms with Crippen LogP contribution in [0.3, 0.4) is 0 Å². The van der Waals surface area contributed by atoms with Gasteiger partial charge in [-0.15, -0.1) is 0 Å².